The molecule has 0 fully saturated rings. The van der Waals surface area contributed by atoms with E-state index in [9.17, 15) is 4.79 Å². The third-order valence-corrected chi connectivity index (χ3v) is 5.01. The van der Waals surface area contributed by atoms with Gasteiger partial charge in [-0.05, 0) is 25.1 Å². The van der Waals surface area contributed by atoms with Gasteiger partial charge in [0.05, 0.1) is 22.4 Å². The van der Waals surface area contributed by atoms with Crippen LogP contribution in [0.1, 0.15) is 18.1 Å². The van der Waals surface area contributed by atoms with Gasteiger partial charge in [0.1, 0.15) is 0 Å². The number of fused-ring (bicyclic) bond motifs is 2. The first kappa shape index (κ1) is 17.2. The van der Waals surface area contributed by atoms with Crippen molar-refractivity contribution in [3.05, 3.63) is 90.0 Å². The van der Waals surface area contributed by atoms with E-state index in [0.29, 0.717) is 5.95 Å². The van der Waals surface area contributed by atoms with Crippen molar-refractivity contribution >= 4 is 34.3 Å². The molecular weight excluding hydrogens is 362 g/mol. The molecule has 0 spiro atoms. The number of rotatable bonds is 3. The summed E-state index contributed by atoms with van der Waals surface area (Å²) in [4.78, 5) is 25.8. The Balaban J connectivity index is 1.64. The third-order valence-electron chi connectivity index (χ3n) is 5.01. The van der Waals surface area contributed by atoms with Gasteiger partial charge in [-0.15, -0.1) is 0 Å². The van der Waals surface area contributed by atoms with Gasteiger partial charge in [0.25, 0.3) is 5.91 Å². The Morgan fingerprint density at radius 3 is 2.45 bits per heavy atom. The summed E-state index contributed by atoms with van der Waals surface area (Å²) in [5, 5.41) is 6.21. The highest BCUT2D eigenvalue weighted by Gasteiger charge is 2.37. The Morgan fingerprint density at radius 1 is 0.897 bits per heavy atom. The van der Waals surface area contributed by atoms with Crippen molar-refractivity contribution in [1.29, 1.82) is 0 Å². The predicted molar refractivity (Wildman–Crippen MR) is 115 cm³/mol. The number of nitrogens with zero attached hydrogens (tertiary/aromatic N) is 2. The maximum absolute atomic E-state index is 13.2. The van der Waals surface area contributed by atoms with Gasteiger partial charge in [-0.3, -0.25) is 4.79 Å². The number of anilines is 2. The third kappa shape index (κ3) is 3.04. The van der Waals surface area contributed by atoms with Crippen molar-refractivity contribution in [1.82, 2.24) is 9.97 Å². The summed E-state index contributed by atoms with van der Waals surface area (Å²) >= 11 is 0. The zero-order valence-electron chi connectivity index (χ0n) is 15.8. The van der Waals surface area contributed by atoms with E-state index < -0.39 is 5.66 Å². The molecule has 1 aliphatic heterocycles. The minimum Gasteiger partial charge on any atom is -0.324 e. The number of carbonyl (C=O) groups is 1. The Morgan fingerprint density at radius 2 is 1.62 bits per heavy atom. The van der Waals surface area contributed by atoms with E-state index in [1.807, 2.05) is 78.9 Å². The summed E-state index contributed by atoms with van der Waals surface area (Å²) in [7, 11) is 0. The SMILES string of the molecule is CC1(Nc2nc3ccccc3[nH]2)N=C(c2ccccc2)c2ccccc2NC1=O. The van der Waals surface area contributed by atoms with Crippen LogP contribution < -0.4 is 10.6 Å². The number of hydrogen-bond donors (Lipinski definition) is 3. The fourth-order valence-corrected chi connectivity index (χ4v) is 3.52. The normalized spacial score (nSPS) is 18.5. The molecule has 6 nitrogen and oxygen atoms in total. The molecule has 0 aliphatic carbocycles. The molecular formula is C23H19N5O. The molecule has 0 saturated carbocycles. The number of para-hydroxylation sites is 3. The van der Waals surface area contributed by atoms with Crippen molar-refractivity contribution in [3.8, 4) is 0 Å². The molecule has 1 atom stereocenters. The topological polar surface area (TPSA) is 82.2 Å². The highest BCUT2D eigenvalue weighted by Crippen LogP contribution is 2.29. The van der Waals surface area contributed by atoms with Gasteiger partial charge >= 0.3 is 0 Å². The first-order chi connectivity index (χ1) is 14.1. The average molecular weight is 381 g/mol. The fraction of sp³-hybridized carbons (Fsp3) is 0.0870. The minimum atomic E-state index is -1.25. The summed E-state index contributed by atoms with van der Waals surface area (Å²) in [6.45, 7) is 1.75. The number of carbonyl (C=O) groups excluding carboxylic acids is 1. The zero-order chi connectivity index (χ0) is 19.8. The van der Waals surface area contributed by atoms with E-state index in [1.165, 1.54) is 0 Å². The van der Waals surface area contributed by atoms with E-state index in [-0.39, 0.29) is 5.91 Å². The number of aromatic amines is 1. The molecule has 1 amide bonds. The number of benzodiazepines with no additional fused rings is 1. The van der Waals surface area contributed by atoms with Crippen LogP contribution in [-0.2, 0) is 4.79 Å². The number of hydrogen-bond acceptors (Lipinski definition) is 4. The number of H-pyrrole nitrogens is 1. The van der Waals surface area contributed by atoms with Gasteiger partial charge < -0.3 is 15.6 Å². The Kier molecular flexibility index (Phi) is 3.91. The quantitative estimate of drug-likeness (QED) is 0.498. The largest absolute Gasteiger partial charge is 0.324 e. The van der Waals surface area contributed by atoms with E-state index in [4.69, 9.17) is 4.99 Å². The van der Waals surface area contributed by atoms with Crippen LogP contribution >= 0.6 is 0 Å². The van der Waals surface area contributed by atoms with Crippen LogP contribution in [0.15, 0.2) is 83.9 Å². The molecule has 4 aromatic rings. The molecule has 0 saturated heterocycles. The standard InChI is InChI=1S/C23H19N5O/c1-23(28-22-25-18-13-7-8-14-19(18)26-22)21(29)24-17-12-6-5-11-16(17)20(27-23)15-9-3-2-4-10-15/h2-14H,1H3,(H,24,29)(H2,25,26,28). The van der Waals surface area contributed by atoms with E-state index in [1.54, 1.807) is 6.92 Å². The second-order valence-electron chi connectivity index (χ2n) is 7.13. The van der Waals surface area contributed by atoms with Crippen molar-refractivity contribution in [2.45, 2.75) is 12.6 Å². The molecule has 0 radical (unpaired) electrons. The molecule has 3 N–H and O–H groups in total. The Bertz CT molecular complexity index is 1210. The van der Waals surface area contributed by atoms with Gasteiger partial charge in [-0.1, -0.05) is 60.7 Å². The van der Waals surface area contributed by atoms with Crippen molar-refractivity contribution < 1.29 is 4.79 Å². The first-order valence-electron chi connectivity index (χ1n) is 9.41. The van der Waals surface area contributed by atoms with E-state index in [2.05, 4.69) is 20.6 Å². The van der Waals surface area contributed by atoms with Crippen LogP contribution in [0, 0.1) is 0 Å². The summed E-state index contributed by atoms with van der Waals surface area (Å²) in [5.41, 5.74) is 3.75. The van der Waals surface area contributed by atoms with Crippen LogP contribution in [0.25, 0.3) is 11.0 Å². The maximum atomic E-state index is 13.2. The zero-order valence-corrected chi connectivity index (χ0v) is 15.8. The monoisotopic (exact) mass is 381 g/mol. The van der Waals surface area contributed by atoms with Crippen molar-refractivity contribution in [2.75, 3.05) is 10.6 Å². The lowest BCUT2D eigenvalue weighted by molar-refractivity contribution is -0.119. The Hall–Kier alpha value is -3.93. The molecule has 29 heavy (non-hydrogen) atoms. The number of imidazole rings is 1. The van der Waals surface area contributed by atoms with E-state index in [0.717, 1.165) is 33.6 Å². The molecule has 3 aromatic carbocycles. The summed E-state index contributed by atoms with van der Waals surface area (Å²) in [6, 6.07) is 25.3. The lowest BCUT2D eigenvalue weighted by Crippen LogP contribution is -2.45. The molecule has 6 heteroatoms. The molecule has 0 bridgehead atoms. The number of aliphatic imine (C=N–C) groups is 1. The lowest BCUT2D eigenvalue weighted by atomic mass is 10.0. The number of benzene rings is 3. The minimum absolute atomic E-state index is 0.253. The van der Waals surface area contributed by atoms with Crippen LogP contribution in [-0.4, -0.2) is 27.2 Å². The maximum Gasteiger partial charge on any atom is 0.272 e. The molecule has 1 aromatic heterocycles. The van der Waals surface area contributed by atoms with Crippen molar-refractivity contribution in [2.24, 2.45) is 4.99 Å². The second-order valence-corrected chi connectivity index (χ2v) is 7.13. The highest BCUT2D eigenvalue weighted by molar-refractivity contribution is 6.20. The Labute approximate surface area is 167 Å². The van der Waals surface area contributed by atoms with Gasteiger partial charge in [-0.25, -0.2) is 9.98 Å². The molecule has 5 rings (SSSR count). The predicted octanol–water partition coefficient (Wildman–Crippen LogP) is 4.18. The molecule has 2 heterocycles. The molecule has 1 unspecified atom stereocenters. The van der Waals surface area contributed by atoms with Gasteiger partial charge in [-0.2, -0.15) is 0 Å². The van der Waals surface area contributed by atoms with Gasteiger partial charge in [0, 0.05) is 11.1 Å². The van der Waals surface area contributed by atoms with Crippen LogP contribution in [0.4, 0.5) is 11.6 Å². The summed E-state index contributed by atoms with van der Waals surface area (Å²) in [6.07, 6.45) is 0. The van der Waals surface area contributed by atoms with Crippen LogP contribution in [0.5, 0.6) is 0 Å². The lowest BCUT2D eigenvalue weighted by Gasteiger charge is -2.24. The molecule has 142 valence electrons. The number of amides is 1. The highest BCUT2D eigenvalue weighted by atomic mass is 16.2. The van der Waals surface area contributed by atoms with Crippen molar-refractivity contribution in [3.63, 3.8) is 0 Å². The number of nitrogens with one attached hydrogen (secondary N) is 3. The van der Waals surface area contributed by atoms with Gasteiger partial charge in [0.15, 0.2) is 0 Å². The second kappa shape index (κ2) is 6.60. The van der Waals surface area contributed by atoms with Crippen LogP contribution in [0.2, 0.25) is 0 Å². The fourth-order valence-electron chi connectivity index (χ4n) is 3.52. The summed E-state index contributed by atoms with van der Waals surface area (Å²) < 4.78 is 0. The summed E-state index contributed by atoms with van der Waals surface area (Å²) in [5.74, 6) is 0.238. The first-order valence-corrected chi connectivity index (χ1v) is 9.41. The molecule has 1 aliphatic rings. The average Bonchev–Trinajstić information content (AvgIpc) is 3.10. The van der Waals surface area contributed by atoms with E-state index >= 15 is 0 Å². The van der Waals surface area contributed by atoms with Crippen LogP contribution in [0.3, 0.4) is 0 Å². The number of aromatic nitrogens is 2. The van der Waals surface area contributed by atoms with Gasteiger partial charge in [0.2, 0.25) is 11.6 Å². The smallest absolute Gasteiger partial charge is 0.272 e.